The van der Waals surface area contributed by atoms with Gasteiger partial charge < -0.3 is 10.3 Å². The molecular weight excluding hydrogens is 305 g/mol. The second-order valence-electron chi connectivity index (χ2n) is 5.96. The van der Waals surface area contributed by atoms with Crippen LogP contribution in [-0.2, 0) is 6.54 Å². The molecule has 1 heterocycles. The number of imidazole rings is 1. The van der Waals surface area contributed by atoms with Crippen LogP contribution in [0, 0.1) is 5.92 Å². The molecular formula is C16H21Cl2N3. The number of nitrogens with two attached hydrogens (primary N) is 1. The van der Waals surface area contributed by atoms with Gasteiger partial charge in [0.1, 0.15) is 17.3 Å². The molecule has 0 fully saturated rings. The zero-order valence-electron chi connectivity index (χ0n) is 12.8. The lowest BCUT2D eigenvalue weighted by Crippen LogP contribution is -2.12. The van der Waals surface area contributed by atoms with E-state index < -0.39 is 0 Å². The Morgan fingerprint density at radius 2 is 1.86 bits per heavy atom. The summed E-state index contributed by atoms with van der Waals surface area (Å²) >= 11 is 12.4. The molecule has 0 atom stereocenters. The number of halogens is 2. The SMILES string of the molecule is CC(C)Cn1c(C(C)C)nc(-c2cccc(Cl)c2Cl)c1N. The number of nitrogen functional groups attached to an aromatic ring is 1. The van der Waals surface area contributed by atoms with Crippen molar-refractivity contribution in [1.29, 1.82) is 0 Å². The fraction of sp³-hybridized carbons (Fsp3) is 0.438. The van der Waals surface area contributed by atoms with E-state index in [-0.39, 0.29) is 5.92 Å². The van der Waals surface area contributed by atoms with Gasteiger partial charge in [0.05, 0.1) is 10.0 Å². The van der Waals surface area contributed by atoms with Gasteiger partial charge in [-0.05, 0) is 12.0 Å². The summed E-state index contributed by atoms with van der Waals surface area (Å²) in [6.45, 7) is 9.39. The standard InChI is InChI=1S/C16H21Cl2N3/c1-9(2)8-21-15(19)14(20-16(21)10(3)4)11-6-5-7-12(17)13(11)18/h5-7,9-10H,8,19H2,1-4H3. The smallest absolute Gasteiger partial charge is 0.131 e. The summed E-state index contributed by atoms with van der Waals surface area (Å²) in [6.07, 6.45) is 0. The number of anilines is 1. The second kappa shape index (κ2) is 6.29. The Labute approximate surface area is 136 Å². The fourth-order valence-corrected chi connectivity index (χ4v) is 2.76. The molecule has 0 bridgehead atoms. The Hall–Kier alpha value is -1.19. The van der Waals surface area contributed by atoms with Crippen molar-refractivity contribution in [2.75, 3.05) is 5.73 Å². The molecule has 114 valence electrons. The molecule has 0 aliphatic heterocycles. The largest absolute Gasteiger partial charge is 0.383 e. The highest BCUT2D eigenvalue weighted by atomic mass is 35.5. The topological polar surface area (TPSA) is 43.8 Å². The molecule has 0 aliphatic carbocycles. The lowest BCUT2D eigenvalue weighted by atomic mass is 10.1. The van der Waals surface area contributed by atoms with Crippen molar-refractivity contribution in [2.45, 2.75) is 40.2 Å². The first kappa shape index (κ1) is 16.2. The molecule has 5 heteroatoms. The third-order valence-electron chi connectivity index (χ3n) is 3.31. The van der Waals surface area contributed by atoms with Crippen molar-refractivity contribution in [1.82, 2.24) is 9.55 Å². The predicted molar refractivity (Wildman–Crippen MR) is 91.0 cm³/mol. The van der Waals surface area contributed by atoms with Gasteiger partial charge in [0.15, 0.2) is 0 Å². The highest BCUT2D eigenvalue weighted by Gasteiger charge is 2.21. The normalized spacial score (nSPS) is 11.6. The third-order valence-corrected chi connectivity index (χ3v) is 4.13. The van der Waals surface area contributed by atoms with E-state index in [9.17, 15) is 0 Å². The van der Waals surface area contributed by atoms with Crippen molar-refractivity contribution in [3.8, 4) is 11.3 Å². The molecule has 1 aromatic carbocycles. The zero-order valence-corrected chi connectivity index (χ0v) is 14.3. The Morgan fingerprint density at radius 3 is 2.43 bits per heavy atom. The van der Waals surface area contributed by atoms with Crippen molar-refractivity contribution in [3.63, 3.8) is 0 Å². The Bertz CT molecular complexity index is 645. The van der Waals surface area contributed by atoms with Crippen LogP contribution in [0.15, 0.2) is 18.2 Å². The number of benzene rings is 1. The van der Waals surface area contributed by atoms with Gasteiger partial charge >= 0.3 is 0 Å². The summed E-state index contributed by atoms with van der Waals surface area (Å²) in [6, 6.07) is 5.52. The maximum Gasteiger partial charge on any atom is 0.131 e. The van der Waals surface area contributed by atoms with E-state index in [1.807, 2.05) is 12.1 Å². The second-order valence-corrected chi connectivity index (χ2v) is 6.75. The summed E-state index contributed by atoms with van der Waals surface area (Å²) in [4.78, 5) is 4.73. The predicted octanol–water partition coefficient (Wildman–Crippen LogP) is 5.22. The number of aromatic nitrogens is 2. The van der Waals surface area contributed by atoms with Gasteiger partial charge in [-0.3, -0.25) is 0 Å². The van der Waals surface area contributed by atoms with E-state index in [2.05, 4.69) is 32.3 Å². The van der Waals surface area contributed by atoms with Gasteiger partial charge in [-0.1, -0.05) is 63.0 Å². The van der Waals surface area contributed by atoms with E-state index in [1.165, 1.54) is 0 Å². The number of rotatable bonds is 4. The summed E-state index contributed by atoms with van der Waals surface area (Å²) in [5.41, 5.74) is 7.84. The third kappa shape index (κ3) is 3.19. The van der Waals surface area contributed by atoms with Crippen LogP contribution in [0.1, 0.15) is 39.4 Å². The van der Waals surface area contributed by atoms with Crippen LogP contribution < -0.4 is 5.73 Å². The number of hydrogen-bond donors (Lipinski definition) is 1. The lowest BCUT2D eigenvalue weighted by molar-refractivity contribution is 0.502. The molecule has 0 radical (unpaired) electrons. The Kier molecular flexibility index (Phi) is 4.84. The van der Waals surface area contributed by atoms with Crippen LogP contribution >= 0.6 is 23.2 Å². The minimum Gasteiger partial charge on any atom is -0.383 e. The van der Waals surface area contributed by atoms with Crippen LogP contribution in [-0.4, -0.2) is 9.55 Å². The van der Waals surface area contributed by atoms with Crippen LogP contribution in [0.3, 0.4) is 0 Å². The number of nitrogens with zero attached hydrogens (tertiary/aromatic N) is 2. The Balaban J connectivity index is 2.62. The van der Waals surface area contributed by atoms with Crippen LogP contribution in [0.4, 0.5) is 5.82 Å². The summed E-state index contributed by atoms with van der Waals surface area (Å²) < 4.78 is 2.09. The monoisotopic (exact) mass is 325 g/mol. The van der Waals surface area contributed by atoms with Crippen molar-refractivity contribution in [2.24, 2.45) is 5.92 Å². The molecule has 0 unspecified atom stereocenters. The van der Waals surface area contributed by atoms with Crippen LogP contribution in [0.25, 0.3) is 11.3 Å². The number of hydrogen-bond acceptors (Lipinski definition) is 2. The first-order valence-corrected chi connectivity index (χ1v) is 7.88. The molecule has 0 saturated carbocycles. The van der Waals surface area contributed by atoms with E-state index in [1.54, 1.807) is 6.07 Å². The van der Waals surface area contributed by atoms with Gasteiger partial charge in [-0.15, -0.1) is 0 Å². The summed E-state index contributed by atoms with van der Waals surface area (Å²) in [7, 11) is 0. The van der Waals surface area contributed by atoms with Gasteiger partial charge in [0, 0.05) is 18.0 Å². The average Bonchev–Trinajstić information content (AvgIpc) is 2.70. The van der Waals surface area contributed by atoms with Gasteiger partial charge in [-0.2, -0.15) is 0 Å². The highest BCUT2D eigenvalue weighted by Crippen LogP contribution is 2.37. The molecule has 2 N–H and O–H groups in total. The van der Waals surface area contributed by atoms with Crippen molar-refractivity contribution < 1.29 is 0 Å². The quantitative estimate of drug-likeness (QED) is 0.837. The van der Waals surface area contributed by atoms with E-state index in [4.69, 9.17) is 33.9 Å². The molecule has 0 amide bonds. The summed E-state index contributed by atoms with van der Waals surface area (Å²) in [5.74, 6) is 2.41. The van der Waals surface area contributed by atoms with Crippen molar-refractivity contribution in [3.05, 3.63) is 34.1 Å². The first-order valence-electron chi connectivity index (χ1n) is 7.13. The molecule has 21 heavy (non-hydrogen) atoms. The molecule has 2 rings (SSSR count). The van der Waals surface area contributed by atoms with E-state index in [0.717, 1.165) is 17.9 Å². The average molecular weight is 326 g/mol. The Morgan fingerprint density at radius 1 is 1.19 bits per heavy atom. The van der Waals surface area contributed by atoms with Crippen LogP contribution in [0.5, 0.6) is 0 Å². The minimum absolute atomic E-state index is 0.290. The maximum absolute atomic E-state index is 6.34. The van der Waals surface area contributed by atoms with Crippen molar-refractivity contribution >= 4 is 29.0 Å². The maximum atomic E-state index is 6.34. The first-order chi connectivity index (χ1) is 9.82. The van der Waals surface area contributed by atoms with Gasteiger partial charge in [0.2, 0.25) is 0 Å². The fourth-order valence-electron chi connectivity index (χ4n) is 2.37. The summed E-state index contributed by atoms with van der Waals surface area (Å²) in [5, 5.41) is 1.01. The van der Waals surface area contributed by atoms with Crippen LogP contribution in [0.2, 0.25) is 10.0 Å². The highest BCUT2D eigenvalue weighted by molar-refractivity contribution is 6.43. The zero-order chi connectivity index (χ0) is 15.7. The molecule has 0 spiro atoms. The molecule has 0 aliphatic rings. The molecule has 0 saturated heterocycles. The molecule has 3 nitrogen and oxygen atoms in total. The van der Waals surface area contributed by atoms with E-state index in [0.29, 0.717) is 27.5 Å². The van der Waals surface area contributed by atoms with Gasteiger partial charge in [-0.25, -0.2) is 4.98 Å². The van der Waals surface area contributed by atoms with E-state index >= 15 is 0 Å². The van der Waals surface area contributed by atoms with Gasteiger partial charge in [0.25, 0.3) is 0 Å². The molecule has 1 aromatic heterocycles. The minimum atomic E-state index is 0.290. The lowest BCUT2D eigenvalue weighted by Gasteiger charge is -2.14. The molecule has 2 aromatic rings.